The molecule has 0 amide bonds. The van der Waals surface area contributed by atoms with Crippen molar-refractivity contribution < 1.29 is 0 Å². The summed E-state index contributed by atoms with van der Waals surface area (Å²) in [7, 11) is 0. The second kappa shape index (κ2) is 6.75. The lowest BCUT2D eigenvalue weighted by Gasteiger charge is -2.34. The molecule has 2 aliphatic rings. The fourth-order valence-electron chi connectivity index (χ4n) is 3.82. The van der Waals surface area contributed by atoms with E-state index in [1.54, 1.807) is 0 Å². The van der Waals surface area contributed by atoms with Crippen molar-refractivity contribution in [2.75, 3.05) is 13.1 Å². The van der Waals surface area contributed by atoms with Crippen LogP contribution in [0.4, 0.5) is 0 Å². The molecule has 0 aromatic carbocycles. The van der Waals surface area contributed by atoms with E-state index < -0.39 is 0 Å². The van der Waals surface area contributed by atoms with Crippen molar-refractivity contribution >= 4 is 0 Å². The maximum atomic E-state index is 5.88. The lowest BCUT2D eigenvalue weighted by Crippen LogP contribution is -2.44. The number of hydrogen-bond donors (Lipinski definition) is 2. The molecule has 2 fully saturated rings. The molecule has 0 aromatic heterocycles. The molecule has 4 atom stereocenters. The van der Waals surface area contributed by atoms with Crippen molar-refractivity contribution in [1.82, 2.24) is 5.32 Å². The summed E-state index contributed by atoms with van der Waals surface area (Å²) in [4.78, 5) is 0. The molecule has 0 aliphatic heterocycles. The minimum Gasteiger partial charge on any atom is -0.330 e. The second-order valence-corrected chi connectivity index (χ2v) is 6.43. The molecular formula is C15H30N2. The summed E-state index contributed by atoms with van der Waals surface area (Å²) in [5, 5.41) is 3.83. The first kappa shape index (κ1) is 13.4. The highest BCUT2D eigenvalue weighted by atomic mass is 14.9. The van der Waals surface area contributed by atoms with E-state index in [0.717, 1.165) is 24.3 Å². The van der Waals surface area contributed by atoms with Gasteiger partial charge in [0.15, 0.2) is 0 Å². The van der Waals surface area contributed by atoms with Gasteiger partial charge in [-0.25, -0.2) is 0 Å². The lowest BCUT2D eigenvalue weighted by atomic mass is 9.81. The molecule has 4 unspecified atom stereocenters. The molecule has 0 heterocycles. The van der Waals surface area contributed by atoms with Crippen LogP contribution >= 0.6 is 0 Å². The minimum absolute atomic E-state index is 0.714. The molecule has 0 aromatic rings. The first-order chi connectivity index (χ1) is 8.29. The molecule has 2 heteroatoms. The van der Waals surface area contributed by atoms with Crippen LogP contribution in [0.1, 0.15) is 58.3 Å². The van der Waals surface area contributed by atoms with Gasteiger partial charge in [-0.1, -0.05) is 32.6 Å². The Kier molecular flexibility index (Phi) is 5.30. The molecule has 3 N–H and O–H groups in total. The summed E-state index contributed by atoms with van der Waals surface area (Å²) in [6, 6.07) is 0.714. The number of nitrogens with one attached hydrogen (secondary N) is 1. The summed E-state index contributed by atoms with van der Waals surface area (Å²) in [5.74, 6) is 2.62. The fraction of sp³-hybridized carbons (Fsp3) is 1.00. The Bertz CT molecular complexity index is 217. The van der Waals surface area contributed by atoms with Crippen molar-refractivity contribution in [2.45, 2.75) is 64.3 Å². The Morgan fingerprint density at radius 2 is 1.88 bits per heavy atom. The van der Waals surface area contributed by atoms with Crippen molar-refractivity contribution in [3.63, 3.8) is 0 Å². The summed E-state index contributed by atoms with van der Waals surface area (Å²) in [6.45, 7) is 4.53. The average Bonchev–Trinajstić information content (AvgIpc) is 2.37. The first-order valence-electron chi connectivity index (χ1n) is 7.73. The van der Waals surface area contributed by atoms with Gasteiger partial charge in [-0.2, -0.15) is 0 Å². The summed E-state index contributed by atoms with van der Waals surface area (Å²) in [6.07, 6.45) is 11.3. The number of rotatable bonds is 4. The van der Waals surface area contributed by atoms with Crippen molar-refractivity contribution in [3.05, 3.63) is 0 Å². The Hall–Kier alpha value is -0.0800. The van der Waals surface area contributed by atoms with E-state index in [-0.39, 0.29) is 0 Å². The molecule has 0 radical (unpaired) electrons. The SMILES string of the molecule is CC1CCCC(CNC2CCCCC2CN)C1. The smallest absolute Gasteiger partial charge is 0.0107 e. The van der Waals surface area contributed by atoms with Gasteiger partial charge < -0.3 is 11.1 Å². The zero-order valence-corrected chi connectivity index (χ0v) is 11.5. The lowest BCUT2D eigenvalue weighted by molar-refractivity contribution is 0.224. The predicted molar refractivity (Wildman–Crippen MR) is 73.9 cm³/mol. The fourth-order valence-corrected chi connectivity index (χ4v) is 3.82. The highest BCUT2D eigenvalue weighted by Gasteiger charge is 2.25. The Labute approximate surface area is 107 Å². The van der Waals surface area contributed by atoms with Crippen LogP contribution in [0, 0.1) is 17.8 Å². The molecule has 0 saturated heterocycles. The van der Waals surface area contributed by atoms with Gasteiger partial charge in [0.1, 0.15) is 0 Å². The summed E-state index contributed by atoms with van der Waals surface area (Å²) >= 11 is 0. The van der Waals surface area contributed by atoms with Crippen LogP contribution in [0.15, 0.2) is 0 Å². The van der Waals surface area contributed by atoms with Crippen LogP contribution in [-0.4, -0.2) is 19.1 Å². The molecule has 2 nitrogen and oxygen atoms in total. The van der Waals surface area contributed by atoms with E-state index in [2.05, 4.69) is 12.2 Å². The Morgan fingerprint density at radius 1 is 1.06 bits per heavy atom. The van der Waals surface area contributed by atoms with E-state index in [1.165, 1.54) is 57.9 Å². The molecule has 2 rings (SSSR count). The van der Waals surface area contributed by atoms with E-state index in [0.29, 0.717) is 6.04 Å². The monoisotopic (exact) mass is 238 g/mol. The molecule has 0 bridgehead atoms. The van der Waals surface area contributed by atoms with Gasteiger partial charge in [-0.3, -0.25) is 0 Å². The largest absolute Gasteiger partial charge is 0.330 e. The van der Waals surface area contributed by atoms with E-state index >= 15 is 0 Å². The van der Waals surface area contributed by atoms with Gasteiger partial charge in [-0.05, 0) is 56.5 Å². The highest BCUT2D eigenvalue weighted by Crippen LogP contribution is 2.29. The van der Waals surface area contributed by atoms with Gasteiger partial charge in [0.2, 0.25) is 0 Å². The van der Waals surface area contributed by atoms with Gasteiger partial charge in [0.25, 0.3) is 0 Å². The third-order valence-corrected chi connectivity index (χ3v) is 4.93. The van der Waals surface area contributed by atoms with Crippen LogP contribution in [0.25, 0.3) is 0 Å². The molecule has 17 heavy (non-hydrogen) atoms. The van der Waals surface area contributed by atoms with Gasteiger partial charge in [0, 0.05) is 6.04 Å². The normalized spacial score (nSPS) is 39.2. The predicted octanol–water partition coefficient (Wildman–Crippen LogP) is 2.92. The van der Waals surface area contributed by atoms with E-state index in [1.807, 2.05) is 0 Å². The minimum atomic E-state index is 0.714. The van der Waals surface area contributed by atoms with Crippen molar-refractivity contribution in [2.24, 2.45) is 23.5 Å². The molecular weight excluding hydrogens is 208 g/mol. The van der Waals surface area contributed by atoms with Gasteiger partial charge in [0.05, 0.1) is 0 Å². The molecule has 0 spiro atoms. The maximum absolute atomic E-state index is 5.88. The quantitative estimate of drug-likeness (QED) is 0.790. The molecule has 100 valence electrons. The first-order valence-corrected chi connectivity index (χ1v) is 7.73. The maximum Gasteiger partial charge on any atom is 0.0107 e. The van der Waals surface area contributed by atoms with Crippen LogP contribution in [-0.2, 0) is 0 Å². The standard InChI is InChI=1S/C15H30N2/c1-12-5-4-6-13(9-12)11-17-15-8-3-2-7-14(15)10-16/h12-15,17H,2-11,16H2,1H3. The summed E-state index contributed by atoms with van der Waals surface area (Å²) < 4.78 is 0. The highest BCUT2D eigenvalue weighted by molar-refractivity contribution is 4.83. The van der Waals surface area contributed by atoms with Gasteiger partial charge >= 0.3 is 0 Å². The van der Waals surface area contributed by atoms with Crippen LogP contribution in [0.3, 0.4) is 0 Å². The van der Waals surface area contributed by atoms with Crippen LogP contribution in [0.5, 0.6) is 0 Å². The van der Waals surface area contributed by atoms with E-state index in [4.69, 9.17) is 5.73 Å². The zero-order chi connectivity index (χ0) is 12.1. The summed E-state index contributed by atoms with van der Waals surface area (Å²) in [5.41, 5.74) is 5.88. The number of hydrogen-bond acceptors (Lipinski definition) is 2. The third-order valence-electron chi connectivity index (χ3n) is 4.93. The topological polar surface area (TPSA) is 38.0 Å². The Morgan fingerprint density at radius 3 is 2.65 bits per heavy atom. The van der Waals surface area contributed by atoms with Crippen LogP contribution < -0.4 is 11.1 Å². The van der Waals surface area contributed by atoms with Crippen molar-refractivity contribution in [1.29, 1.82) is 0 Å². The third kappa shape index (κ3) is 3.96. The number of nitrogens with two attached hydrogens (primary N) is 1. The van der Waals surface area contributed by atoms with Gasteiger partial charge in [-0.15, -0.1) is 0 Å². The Balaban J connectivity index is 1.72. The van der Waals surface area contributed by atoms with E-state index in [9.17, 15) is 0 Å². The average molecular weight is 238 g/mol. The van der Waals surface area contributed by atoms with Crippen molar-refractivity contribution in [3.8, 4) is 0 Å². The molecule has 2 saturated carbocycles. The zero-order valence-electron chi connectivity index (χ0n) is 11.5. The van der Waals surface area contributed by atoms with Crippen LogP contribution in [0.2, 0.25) is 0 Å². The molecule has 2 aliphatic carbocycles. The second-order valence-electron chi connectivity index (χ2n) is 6.43.